The normalized spacial score (nSPS) is 13.9. The second-order valence-corrected chi connectivity index (χ2v) is 10.5. The van der Waals surface area contributed by atoms with Crippen LogP contribution in [0, 0.1) is 0 Å². The highest BCUT2D eigenvalue weighted by molar-refractivity contribution is 6.08. The number of hydrogen-bond donors (Lipinski definition) is 2. The fourth-order valence-electron chi connectivity index (χ4n) is 6.26. The molecule has 6 heteroatoms. The lowest BCUT2D eigenvalue weighted by atomic mass is 9.76. The van der Waals surface area contributed by atoms with Crippen LogP contribution < -0.4 is 20.7 Å². The molecule has 0 saturated carbocycles. The molecule has 0 atom stereocenters. The van der Waals surface area contributed by atoms with Crippen LogP contribution in [0.25, 0.3) is 11.1 Å². The van der Waals surface area contributed by atoms with Gasteiger partial charge in [0.2, 0.25) is 0 Å². The summed E-state index contributed by atoms with van der Waals surface area (Å²) in [5.41, 5.74) is 13.2. The maximum atomic E-state index is 14.0. The number of carbonyl (C=O) groups excluding carboxylic acids is 1. The minimum atomic E-state index is -1.20. The highest BCUT2D eigenvalue weighted by atomic mass is 16.6. The van der Waals surface area contributed by atoms with Gasteiger partial charge in [-0.25, -0.2) is 4.79 Å². The van der Waals surface area contributed by atoms with Gasteiger partial charge in [-0.2, -0.15) is 0 Å². The number of rotatable bonds is 6. The minimum Gasteiger partial charge on any atom is -0.456 e. The number of benzene rings is 5. The van der Waals surface area contributed by atoms with Gasteiger partial charge in [-0.3, -0.25) is 0 Å². The van der Waals surface area contributed by atoms with Crippen LogP contribution >= 0.6 is 0 Å². The first-order valence-corrected chi connectivity index (χ1v) is 14.3. The molecule has 0 saturated heterocycles. The third-order valence-electron chi connectivity index (χ3n) is 8.30. The van der Waals surface area contributed by atoms with Crippen molar-refractivity contribution in [3.8, 4) is 22.6 Å². The van der Waals surface area contributed by atoms with E-state index in [1.165, 1.54) is 0 Å². The molecule has 2 aliphatic heterocycles. The van der Waals surface area contributed by atoms with E-state index >= 15 is 0 Å². The zero-order valence-electron chi connectivity index (χ0n) is 23.6. The van der Waals surface area contributed by atoms with Gasteiger partial charge in [0.25, 0.3) is 0 Å². The molecular weight excluding hydrogens is 522 g/mol. The lowest BCUT2D eigenvalue weighted by molar-refractivity contribution is 0.0225. The van der Waals surface area contributed by atoms with E-state index in [1.807, 2.05) is 84.9 Å². The Bertz CT molecular complexity index is 1770. The first kappa shape index (κ1) is 25.7. The number of nitrogens with two attached hydrogens (primary N) is 1. The predicted molar refractivity (Wildman–Crippen MR) is 168 cm³/mol. The number of fused-ring (bicyclic) bond motifs is 6. The Kier molecular flexibility index (Phi) is 6.12. The Balaban J connectivity index is 1.51. The van der Waals surface area contributed by atoms with Gasteiger partial charge in [0.05, 0.1) is 16.9 Å². The van der Waals surface area contributed by atoms with Gasteiger partial charge in [0.15, 0.2) is 5.60 Å². The molecule has 2 heterocycles. The van der Waals surface area contributed by atoms with Crippen molar-refractivity contribution in [3.05, 3.63) is 131 Å². The minimum absolute atomic E-state index is 0.423. The van der Waals surface area contributed by atoms with E-state index in [1.54, 1.807) is 0 Å². The zero-order valence-corrected chi connectivity index (χ0v) is 23.6. The standard InChI is InChI=1S/C36H31N3O3/c1-3-39(4-2)25-20-18-23(19-21-25)26-22-29-32(34(33(26)37)38-24-12-6-5-7-13-24)35(40)42-36(29)27-14-8-10-16-30(27)41-31-17-11-9-15-28(31)36/h5-22,38H,3-4,37H2,1-2H3. The van der Waals surface area contributed by atoms with Crippen LogP contribution in [0.3, 0.4) is 0 Å². The van der Waals surface area contributed by atoms with Crippen molar-refractivity contribution in [1.82, 2.24) is 0 Å². The molecule has 208 valence electrons. The molecule has 0 amide bonds. The molecule has 42 heavy (non-hydrogen) atoms. The van der Waals surface area contributed by atoms with E-state index in [-0.39, 0.29) is 0 Å². The van der Waals surface area contributed by atoms with Crippen molar-refractivity contribution in [2.24, 2.45) is 0 Å². The maximum Gasteiger partial charge on any atom is 0.342 e. The summed E-state index contributed by atoms with van der Waals surface area (Å²) in [7, 11) is 0. The number of ether oxygens (including phenoxy) is 2. The molecule has 7 rings (SSSR count). The van der Waals surface area contributed by atoms with E-state index < -0.39 is 11.6 Å². The molecule has 0 bridgehead atoms. The average Bonchev–Trinajstić information content (AvgIpc) is 3.32. The van der Waals surface area contributed by atoms with Gasteiger partial charge in [0, 0.05) is 46.7 Å². The highest BCUT2D eigenvalue weighted by Gasteiger charge is 2.54. The first-order chi connectivity index (χ1) is 20.5. The fraction of sp³-hybridized carbons (Fsp3) is 0.139. The summed E-state index contributed by atoms with van der Waals surface area (Å²) in [5, 5.41) is 3.47. The second kappa shape index (κ2) is 10.00. The quantitative estimate of drug-likeness (QED) is 0.163. The number of para-hydroxylation sites is 3. The zero-order chi connectivity index (χ0) is 28.8. The molecule has 3 N–H and O–H groups in total. The van der Waals surface area contributed by atoms with Crippen molar-refractivity contribution < 1.29 is 14.3 Å². The summed E-state index contributed by atoms with van der Waals surface area (Å²) < 4.78 is 12.8. The highest BCUT2D eigenvalue weighted by Crippen LogP contribution is 2.58. The van der Waals surface area contributed by atoms with Gasteiger partial charge < -0.3 is 25.4 Å². The number of nitrogens with zero attached hydrogens (tertiary/aromatic N) is 1. The average molecular weight is 554 g/mol. The molecule has 6 nitrogen and oxygen atoms in total. The Morgan fingerprint density at radius 3 is 1.98 bits per heavy atom. The smallest absolute Gasteiger partial charge is 0.342 e. The van der Waals surface area contributed by atoms with Crippen molar-refractivity contribution in [2.45, 2.75) is 19.4 Å². The predicted octanol–water partition coefficient (Wildman–Crippen LogP) is 8.09. The molecular formula is C36H31N3O3. The number of nitrogens with one attached hydrogen (secondary N) is 1. The summed E-state index contributed by atoms with van der Waals surface area (Å²) in [6, 6.07) is 35.7. The van der Waals surface area contributed by atoms with Crippen LogP contribution in [-0.4, -0.2) is 19.1 Å². The van der Waals surface area contributed by atoms with Gasteiger partial charge in [-0.1, -0.05) is 66.7 Å². The molecule has 0 unspecified atom stereocenters. The molecule has 0 radical (unpaired) electrons. The number of nitrogen functional groups attached to an aromatic ring is 1. The molecule has 2 aliphatic rings. The Labute approximate surface area is 245 Å². The summed E-state index contributed by atoms with van der Waals surface area (Å²) in [4.78, 5) is 16.3. The largest absolute Gasteiger partial charge is 0.456 e. The van der Waals surface area contributed by atoms with Crippen molar-refractivity contribution in [3.63, 3.8) is 0 Å². The summed E-state index contributed by atoms with van der Waals surface area (Å²) >= 11 is 0. The lowest BCUT2D eigenvalue weighted by Crippen LogP contribution is -2.33. The fourth-order valence-corrected chi connectivity index (χ4v) is 6.26. The molecule has 5 aromatic rings. The van der Waals surface area contributed by atoms with Gasteiger partial charge in [0.1, 0.15) is 11.5 Å². The molecule has 0 fully saturated rings. The van der Waals surface area contributed by atoms with Gasteiger partial charge in [-0.15, -0.1) is 0 Å². The molecule has 5 aromatic carbocycles. The van der Waals surface area contributed by atoms with Crippen LogP contribution in [0.2, 0.25) is 0 Å². The van der Waals surface area contributed by atoms with Crippen molar-refractivity contribution >= 4 is 28.7 Å². The summed E-state index contributed by atoms with van der Waals surface area (Å²) in [6.45, 7) is 6.14. The monoisotopic (exact) mass is 553 g/mol. The van der Waals surface area contributed by atoms with E-state index in [4.69, 9.17) is 15.2 Å². The van der Waals surface area contributed by atoms with Crippen molar-refractivity contribution in [1.29, 1.82) is 0 Å². The van der Waals surface area contributed by atoms with E-state index in [0.717, 1.165) is 52.3 Å². The molecule has 0 aliphatic carbocycles. The van der Waals surface area contributed by atoms with Gasteiger partial charge in [-0.05, 0) is 61.9 Å². The number of anilines is 4. The van der Waals surface area contributed by atoms with E-state index in [9.17, 15) is 4.79 Å². The maximum absolute atomic E-state index is 14.0. The number of esters is 1. The van der Waals surface area contributed by atoms with E-state index in [0.29, 0.717) is 28.4 Å². The van der Waals surface area contributed by atoms with E-state index in [2.05, 4.69) is 48.3 Å². The van der Waals surface area contributed by atoms with Gasteiger partial charge >= 0.3 is 5.97 Å². The first-order valence-electron chi connectivity index (χ1n) is 14.3. The third-order valence-corrected chi connectivity index (χ3v) is 8.30. The molecule has 0 aromatic heterocycles. The van der Waals surface area contributed by atoms with Crippen LogP contribution in [0.5, 0.6) is 11.5 Å². The third kappa shape index (κ3) is 3.83. The van der Waals surface area contributed by atoms with Crippen LogP contribution in [0.15, 0.2) is 109 Å². The number of carbonyl (C=O) groups is 1. The van der Waals surface area contributed by atoms with Crippen LogP contribution in [-0.2, 0) is 10.3 Å². The SMILES string of the molecule is CCN(CC)c1ccc(-c2cc3c(c(Nc4ccccc4)c2N)C(=O)OC32c3ccccc3Oc3ccccc32)cc1. The Morgan fingerprint density at radius 2 is 1.36 bits per heavy atom. The summed E-state index contributed by atoms with van der Waals surface area (Å²) in [5.74, 6) is 0.859. The van der Waals surface area contributed by atoms with Crippen LogP contribution in [0.4, 0.5) is 22.7 Å². The topological polar surface area (TPSA) is 76.8 Å². The second-order valence-electron chi connectivity index (χ2n) is 10.5. The Hall–Kier alpha value is -5.23. The summed E-state index contributed by atoms with van der Waals surface area (Å²) in [6.07, 6.45) is 0. The molecule has 1 spiro atoms. The lowest BCUT2D eigenvalue weighted by Gasteiger charge is -2.36. The number of hydrogen-bond acceptors (Lipinski definition) is 6. The van der Waals surface area contributed by atoms with Crippen LogP contribution in [0.1, 0.15) is 40.9 Å². The Morgan fingerprint density at radius 1 is 0.762 bits per heavy atom. The van der Waals surface area contributed by atoms with Crippen molar-refractivity contribution in [2.75, 3.05) is 29.0 Å².